The fourth-order valence-electron chi connectivity index (χ4n) is 2.28. The van der Waals surface area contributed by atoms with Gasteiger partial charge in [0, 0.05) is 12.7 Å². The number of thiophene rings is 1. The molecule has 0 saturated carbocycles. The number of aromatic nitrogens is 2. The van der Waals surface area contributed by atoms with E-state index in [0.29, 0.717) is 26.2 Å². The van der Waals surface area contributed by atoms with Crippen molar-refractivity contribution in [2.75, 3.05) is 19.8 Å². The molecular weight excluding hydrogens is 262 g/mol. The van der Waals surface area contributed by atoms with Crippen LogP contribution in [0.15, 0.2) is 29.1 Å². The smallest absolute Gasteiger partial charge is 0.227 e. The molecule has 0 aromatic carbocycles. The lowest BCUT2D eigenvalue weighted by molar-refractivity contribution is -0.139. The minimum atomic E-state index is -0.0533. The SMILES string of the molecule is O=C(Cc1ccsc1)N1CCOC[C@H]1c1ccn[nH]1. The Morgan fingerprint density at radius 1 is 1.58 bits per heavy atom. The van der Waals surface area contributed by atoms with E-state index in [4.69, 9.17) is 4.74 Å². The molecule has 5 nitrogen and oxygen atoms in total. The maximum Gasteiger partial charge on any atom is 0.227 e. The molecule has 0 bridgehead atoms. The van der Waals surface area contributed by atoms with Gasteiger partial charge in [-0.1, -0.05) is 0 Å². The third-order valence-corrected chi connectivity index (χ3v) is 4.00. The van der Waals surface area contributed by atoms with Crippen LogP contribution < -0.4 is 0 Å². The van der Waals surface area contributed by atoms with E-state index in [9.17, 15) is 4.79 Å². The van der Waals surface area contributed by atoms with Crippen molar-refractivity contribution in [1.29, 1.82) is 0 Å². The quantitative estimate of drug-likeness (QED) is 0.927. The molecule has 1 aliphatic rings. The van der Waals surface area contributed by atoms with Crippen molar-refractivity contribution in [3.8, 4) is 0 Å². The molecule has 1 aliphatic heterocycles. The first-order chi connectivity index (χ1) is 9.34. The van der Waals surface area contributed by atoms with Crippen molar-refractivity contribution < 1.29 is 9.53 Å². The number of hydrogen-bond donors (Lipinski definition) is 1. The largest absolute Gasteiger partial charge is 0.377 e. The normalized spacial score (nSPS) is 19.6. The summed E-state index contributed by atoms with van der Waals surface area (Å²) in [4.78, 5) is 14.3. The van der Waals surface area contributed by atoms with Crippen molar-refractivity contribution in [3.63, 3.8) is 0 Å². The molecule has 1 saturated heterocycles. The van der Waals surface area contributed by atoms with E-state index in [1.54, 1.807) is 17.5 Å². The second-order valence-electron chi connectivity index (χ2n) is 4.50. The minimum absolute atomic E-state index is 0.0533. The Bertz CT molecular complexity index is 524. The highest BCUT2D eigenvalue weighted by Gasteiger charge is 2.29. The van der Waals surface area contributed by atoms with Gasteiger partial charge in [-0.2, -0.15) is 16.4 Å². The van der Waals surface area contributed by atoms with E-state index in [1.165, 1.54) is 0 Å². The van der Waals surface area contributed by atoms with Gasteiger partial charge in [0.1, 0.15) is 0 Å². The van der Waals surface area contributed by atoms with E-state index >= 15 is 0 Å². The zero-order valence-electron chi connectivity index (χ0n) is 10.4. The summed E-state index contributed by atoms with van der Waals surface area (Å²) < 4.78 is 5.48. The summed E-state index contributed by atoms with van der Waals surface area (Å²) in [7, 11) is 0. The van der Waals surface area contributed by atoms with Gasteiger partial charge in [0.15, 0.2) is 0 Å². The fraction of sp³-hybridized carbons (Fsp3) is 0.385. The van der Waals surface area contributed by atoms with E-state index in [-0.39, 0.29) is 11.9 Å². The summed E-state index contributed by atoms with van der Waals surface area (Å²) in [6.45, 7) is 1.75. The number of carbonyl (C=O) groups is 1. The van der Waals surface area contributed by atoms with Gasteiger partial charge < -0.3 is 9.64 Å². The van der Waals surface area contributed by atoms with Crippen LogP contribution in [0, 0.1) is 0 Å². The van der Waals surface area contributed by atoms with E-state index < -0.39 is 0 Å². The first kappa shape index (κ1) is 12.4. The van der Waals surface area contributed by atoms with E-state index in [2.05, 4.69) is 10.2 Å². The molecule has 0 unspecified atom stereocenters. The molecule has 19 heavy (non-hydrogen) atoms. The third kappa shape index (κ3) is 2.69. The van der Waals surface area contributed by atoms with Crippen LogP contribution in [0.25, 0.3) is 0 Å². The van der Waals surface area contributed by atoms with Crippen LogP contribution in [0.5, 0.6) is 0 Å². The lowest BCUT2D eigenvalue weighted by atomic mass is 10.1. The summed E-state index contributed by atoms with van der Waals surface area (Å²) in [6.07, 6.45) is 2.15. The van der Waals surface area contributed by atoms with Gasteiger partial charge in [0.25, 0.3) is 0 Å². The maximum absolute atomic E-state index is 12.4. The van der Waals surface area contributed by atoms with E-state index in [0.717, 1.165) is 11.3 Å². The van der Waals surface area contributed by atoms with Gasteiger partial charge in [-0.25, -0.2) is 0 Å². The molecule has 1 fully saturated rings. The van der Waals surface area contributed by atoms with Gasteiger partial charge in [-0.05, 0) is 28.5 Å². The monoisotopic (exact) mass is 277 g/mol. The number of nitrogens with one attached hydrogen (secondary N) is 1. The Balaban J connectivity index is 1.75. The number of carbonyl (C=O) groups excluding carboxylic acids is 1. The zero-order valence-corrected chi connectivity index (χ0v) is 11.2. The van der Waals surface area contributed by atoms with Crippen LogP contribution in [-0.2, 0) is 16.0 Å². The Morgan fingerprint density at radius 2 is 2.53 bits per heavy atom. The number of H-pyrrole nitrogens is 1. The molecule has 0 aliphatic carbocycles. The first-order valence-electron chi connectivity index (χ1n) is 6.22. The average Bonchev–Trinajstić information content (AvgIpc) is 3.11. The van der Waals surface area contributed by atoms with Crippen molar-refractivity contribution in [2.24, 2.45) is 0 Å². The molecular formula is C13H15N3O2S. The van der Waals surface area contributed by atoms with Gasteiger partial charge in [0.05, 0.1) is 31.4 Å². The minimum Gasteiger partial charge on any atom is -0.377 e. The molecule has 1 N–H and O–H groups in total. The number of morpholine rings is 1. The van der Waals surface area contributed by atoms with Crippen LogP contribution >= 0.6 is 11.3 Å². The molecule has 100 valence electrons. The van der Waals surface area contributed by atoms with Crippen LogP contribution in [0.2, 0.25) is 0 Å². The van der Waals surface area contributed by atoms with E-state index in [1.807, 2.05) is 27.8 Å². The van der Waals surface area contributed by atoms with Crippen LogP contribution in [0.4, 0.5) is 0 Å². The molecule has 1 amide bonds. The molecule has 1 atom stereocenters. The Kier molecular flexibility index (Phi) is 3.61. The molecule has 2 aromatic heterocycles. The lowest BCUT2D eigenvalue weighted by Crippen LogP contribution is -2.44. The highest BCUT2D eigenvalue weighted by molar-refractivity contribution is 7.07. The fourth-order valence-corrected chi connectivity index (χ4v) is 2.95. The molecule has 6 heteroatoms. The van der Waals surface area contributed by atoms with Crippen LogP contribution in [0.1, 0.15) is 17.3 Å². The Labute approximate surface area is 115 Å². The van der Waals surface area contributed by atoms with Gasteiger partial charge in [-0.15, -0.1) is 0 Å². The topological polar surface area (TPSA) is 58.2 Å². The Morgan fingerprint density at radius 3 is 3.26 bits per heavy atom. The van der Waals surface area contributed by atoms with Crippen molar-refractivity contribution in [3.05, 3.63) is 40.3 Å². The third-order valence-electron chi connectivity index (χ3n) is 3.27. The predicted molar refractivity (Wildman–Crippen MR) is 71.9 cm³/mol. The number of aromatic amines is 1. The maximum atomic E-state index is 12.4. The van der Waals surface area contributed by atoms with Gasteiger partial charge >= 0.3 is 0 Å². The van der Waals surface area contributed by atoms with Crippen molar-refractivity contribution in [2.45, 2.75) is 12.5 Å². The number of amides is 1. The Hall–Kier alpha value is -1.66. The van der Waals surface area contributed by atoms with Gasteiger partial charge in [-0.3, -0.25) is 9.89 Å². The zero-order chi connectivity index (χ0) is 13.1. The summed E-state index contributed by atoms with van der Waals surface area (Å²) in [5.41, 5.74) is 2.00. The van der Waals surface area contributed by atoms with Crippen molar-refractivity contribution in [1.82, 2.24) is 15.1 Å². The van der Waals surface area contributed by atoms with Crippen LogP contribution in [-0.4, -0.2) is 40.8 Å². The summed E-state index contributed by atoms with van der Waals surface area (Å²) >= 11 is 1.62. The number of ether oxygens (including phenoxy) is 1. The highest BCUT2D eigenvalue weighted by atomic mass is 32.1. The summed E-state index contributed by atoms with van der Waals surface area (Å²) in [5, 5.41) is 10.9. The highest BCUT2D eigenvalue weighted by Crippen LogP contribution is 2.23. The second kappa shape index (κ2) is 5.54. The van der Waals surface area contributed by atoms with Crippen molar-refractivity contribution >= 4 is 17.2 Å². The second-order valence-corrected chi connectivity index (χ2v) is 5.28. The predicted octanol–water partition coefficient (Wildman–Crippen LogP) is 1.61. The standard InChI is InChI=1S/C13H15N3O2S/c17-13(7-10-2-6-19-9-10)16-4-5-18-8-12(16)11-1-3-14-15-11/h1-3,6,9,12H,4-5,7-8H2,(H,14,15)/t12-/m0/s1. The van der Waals surface area contributed by atoms with Crippen LogP contribution in [0.3, 0.4) is 0 Å². The number of nitrogens with zero attached hydrogens (tertiary/aromatic N) is 2. The first-order valence-corrected chi connectivity index (χ1v) is 7.16. The lowest BCUT2D eigenvalue weighted by Gasteiger charge is -2.35. The van der Waals surface area contributed by atoms with Gasteiger partial charge in [0.2, 0.25) is 5.91 Å². The summed E-state index contributed by atoms with van der Waals surface area (Å²) in [6, 6.07) is 3.83. The average molecular weight is 277 g/mol. The number of rotatable bonds is 3. The molecule has 0 spiro atoms. The molecule has 3 heterocycles. The molecule has 2 aromatic rings. The molecule has 3 rings (SSSR count). The number of hydrogen-bond acceptors (Lipinski definition) is 4. The molecule has 0 radical (unpaired) electrons. The summed E-state index contributed by atoms with van der Waals surface area (Å²) in [5.74, 6) is 0.140.